The topological polar surface area (TPSA) is 0 Å². The highest BCUT2D eigenvalue weighted by Crippen LogP contribution is 2.52. The molecule has 20 heavy (non-hydrogen) atoms. The highest BCUT2D eigenvalue weighted by atomic mass is 19.4. The number of rotatable bonds is 2. The summed E-state index contributed by atoms with van der Waals surface area (Å²) < 4.78 is 78.2. The van der Waals surface area contributed by atoms with E-state index in [4.69, 9.17) is 0 Å². The second-order valence-electron chi connectivity index (χ2n) is 5.41. The van der Waals surface area contributed by atoms with Crippen LogP contribution in [0, 0.1) is 6.92 Å². The minimum absolute atomic E-state index is 0.153. The minimum atomic E-state index is -5.41. The van der Waals surface area contributed by atoms with Gasteiger partial charge in [-0.3, -0.25) is 0 Å². The molecule has 1 rings (SSSR count). The second-order valence-corrected chi connectivity index (χ2v) is 5.41. The fourth-order valence-corrected chi connectivity index (χ4v) is 1.92. The van der Waals surface area contributed by atoms with Gasteiger partial charge >= 0.3 is 12.4 Å². The molecule has 1 aromatic rings. The molecule has 0 amide bonds. The minimum Gasteiger partial charge on any atom is -0.170 e. The van der Waals surface area contributed by atoms with E-state index < -0.39 is 23.3 Å². The van der Waals surface area contributed by atoms with Crippen LogP contribution < -0.4 is 0 Å². The lowest BCUT2D eigenvalue weighted by Gasteiger charge is -2.35. The van der Waals surface area contributed by atoms with E-state index in [1.165, 1.54) is 6.92 Å². The molecule has 0 radical (unpaired) electrons. The van der Waals surface area contributed by atoms with Crippen LogP contribution in [-0.2, 0) is 5.41 Å². The van der Waals surface area contributed by atoms with Gasteiger partial charge in [0.1, 0.15) is 0 Å². The summed E-state index contributed by atoms with van der Waals surface area (Å²) in [5, 5.41) is 0. The van der Waals surface area contributed by atoms with Gasteiger partial charge in [-0.15, -0.1) is 0 Å². The van der Waals surface area contributed by atoms with E-state index in [0.29, 0.717) is 11.1 Å². The molecular formula is C14H16F6. The third-order valence-corrected chi connectivity index (χ3v) is 3.48. The first-order chi connectivity index (χ1) is 8.80. The molecule has 0 aliphatic carbocycles. The smallest absolute Gasteiger partial charge is 0.170 e. The average molecular weight is 298 g/mol. The summed E-state index contributed by atoms with van der Waals surface area (Å²) in [4.78, 5) is 0. The zero-order valence-corrected chi connectivity index (χ0v) is 11.6. The molecule has 0 aliphatic rings. The van der Waals surface area contributed by atoms with Crippen LogP contribution in [0.15, 0.2) is 18.2 Å². The number of halogens is 6. The standard InChI is InChI=1S/C14H16F6/c1-8(2)10-5-9(3)6-11(7-10)12(4,13(15,16)17)14(18,19)20/h5-8H,1-4H3. The van der Waals surface area contributed by atoms with Crippen LogP contribution in [-0.4, -0.2) is 12.4 Å². The van der Waals surface area contributed by atoms with Crippen molar-refractivity contribution in [3.63, 3.8) is 0 Å². The molecule has 0 atom stereocenters. The molecule has 6 heteroatoms. The lowest BCUT2D eigenvalue weighted by molar-refractivity contribution is -0.297. The Morgan fingerprint density at radius 3 is 1.65 bits per heavy atom. The van der Waals surface area contributed by atoms with Crippen molar-refractivity contribution in [2.24, 2.45) is 0 Å². The lowest BCUT2D eigenvalue weighted by atomic mass is 9.79. The summed E-state index contributed by atoms with van der Waals surface area (Å²) in [6.07, 6.45) is -10.8. The molecule has 0 heterocycles. The maximum absolute atomic E-state index is 13.0. The van der Waals surface area contributed by atoms with E-state index in [2.05, 4.69) is 0 Å². The van der Waals surface area contributed by atoms with Gasteiger partial charge in [0.25, 0.3) is 0 Å². The number of alkyl halides is 6. The fraction of sp³-hybridized carbons (Fsp3) is 0.571. The highest BCUT2D eigenvalue weighted by Gasteiger charge is 2.68. The Morgan fingerprint density at radius 1 is 0.850 bits per heavy atom. The number of aryl methyl sites for hydroxylation is 1. The van der Waals surface area contributed by atoms with Gasteiger partial charge in [-0.1, -0.05) is 37.6 Å². The Kier molecular flexibility index (Phi) is 4.19. The molecule has 0 saturated heterocycles. The summed E-state index contributed by atoms with van der Waals surface area (Å²) in [7, 11) is 0. The van der Waals surface area contributed by atoms with Crippen LogP contribution in [0.3, 0.4) is 0 Å². The van der Waals surface area contributed by atoms with Crippen molar-refractivity contribution in [1.82, 2.24) is 0 Å². The first kappa shape index (κ1) is 16.9. The third-order valence-electron chi connectivity index (χ3n) is 3.48. The molecule has 0 aromatic heterocycles. The van der Waals surface area contributed by atoms with Gasteiger partial charge in [-0.05, 0) is 30.9 Å². The van der Waals surface area contributed by atoms with Crippen LogP contribution in [0.1, 0.15) is 43.4 Å². The van der Waals surface area contributed by atoms with Crippen LogP contribution >= 0.6 is 0 Å². The van der Waals surface area contributed by atoms with E-state index in [0.717, 1.165) is 12.1 Å². The second kappa shape index (κ2) is 4.97. The van der Waals surface area contributed by atoms with Gasteiger partial charge < -0.3 is 0 Å². The lowest BCUT2D eigenvalue weighted by Crippen LogP contribution is -2.51. The van der Waals surface area contributed by atoms with Crippen molar-refractivity contribution in [1.29, 1.82) is 0 Å². The van der Waals surface area contributed by atoms with Gasteiger partial charge in [0.2, 0.25) is 0 Å². The van der Waals surface area contributed by atoms with Crippen LogP contribution in [0.2, 0.25) is 0 Å². The predicted molar refractivity (Wildman–Crippen MR) is 64.7 cm³/mol. The van der Waals surface area contributed by atoms with Crippen LogP contribution in [0.5, 0.6) is 0 Å². The van der Waals surface area contributed by atoms with Gasteiger partial charge in [0.05, 0.1) is 0 Å². The van der Waals surface area contributed by atoms with Crippen molar-refractivity contribution < 1.29 is 26.3 Å². The Hall–Kier alpha value is -1.20. The average Bonchev–Trinajstić information content (AvgIpc) is 2.23. The van der Waals surface area contributed by atoms with Gasteiger partial charge in [-0.25, -0.2) is 0 Å². The first-order valence-electron chi connectivity index (χ1n) is 6.06. The van der Waals surface area contributed by atoms with Gasteiger partial charge in [-0.2, -0.15) is 26.3 Å². The summed E-state index contributed by atoms with van der Waals surface area (Å²) in [5.41, 5.74) is -3.79. The van der Waals surface area contributed by atoms with Gasteiger partial charge in [0, 0.05) is 0 Å². The first-order valence-corrected chi connectivity index (χ1v) is 6.06. The van der Waals surface area contributed by atoms with E-state index >= 15 is 0 Å². The van der Waals surface area contributed by atoms with Crippen molar-refractivity contribution >= 4 is 0 Å². The van der Waals surface area contributed by atoms with Crippen LogP contribution in [0.4, 0.5) is 26.3 Å². The SMILES string of the molecule is Cc1cc(C(C)C)cc(C(C)(C(F)(F)F)C(F)(F)F)c1. The van der Waals surface area contributed by atoms with Crippen molar-refractivity contribution in [2.75, 3.05) is 0 Å². The Bertz CT molecular complexity index is 467. The van der Waals surface area contributed by atoms with E-state index in [1.54, 1.807) is 19.9 Å². The maximum atomic E-state index is 13.0. The Balaban J connectivity index is 3.60. The molecule has 0 spiro atoms. The summed E-state index contributed by atoms with van der Waals surface area (Å²) in [5.74, 6) is -0.153. The third kappa shape index (κ3) is 2.79. The number of benzene rings is 1. The van der Waals surface area contributed by atoms with E-state index in [1.807, 2.05) is 0 Å². The predicted octanol–water partition coefficient (Wildman–Crippen LogP) is 5.50. The zero-order chi connectivity index (χ0) is 15.9. The Morgan fingerprint density at radius 2 is 1.30 bits per heavy atom. The van der Waals surface area contributed by atoms with Crippen LogP contribution in [0.25, 0.3) is 0 Å². The highest BCUT2D eigenvalue weighted by molar-refractivity contribution is 5.38. The van der Waals surface area contributed by atoms with Crippen molar-refractivity contribution in [2.45, 2.75) is 51.4 Å². The van der Waals surface area contributed by atoms with Crippen molar-refractivity contribution in [3.05, 3.63) is 34.9 Å². The molecule has 0 N–H and O–H groups in total. The quantitative estimate of drug-likeness (QED) is 0.632. The van der Waals surface area contributed by atoms with Gasteiger partial charge in [0.15, 0.2) is 5.41 Å². The molecule has 0 aliphatic heterocycles. The largest absolute Gasteiger partial charge is 0.406 e. The zero-order valence-electron chi connectivity index (χ0n) is 11.6. The number of hydrogen-bond acceptors (Lipinski definition) is 0. The molecule has 0 fully saturated rings. The summed E-state index contributed by atoms with van der Waals surface area (Å²) in [6.45, 7) is 5.11. The molecule has 0 nitrogen and oxygen atoms in total. The molecular weight excluding hydrogens is 282 g/mol. The monoisotopic (exact) mass is 298 g/mol. The number of hydrogen-bond donors (Lipinski definition) is 0. The fourth-order valence-electron chi connectivity index (χ4n) is 1.92. The van der Waals surface area contributed by atoms with Crippen molar-refractivity contribution in [3.8, 4) is 0 Å². The van der Waals surface area contributed by atoms with E-state index in [-0.39, 0.29) is 12.8 Å². The molecule has 0 saturated carbocycles. The molecule has 0 bridgehead atoms. The molecule has 1 aromatic carbocycles. The summed E-state index contributed by atoms with van der Waals surface area (Å²) >= 11 is 0. The normalized spacial score (nSPS) is 13.9. The maximum Gasteiger partial charge on any atom is 0.406 e. The summed E-state index contributed by atoms with van der Waals surface area (Å²) in [6, 6.07) is 3.55. The molecule has 114 valence electrons. The Labute approximate surface area is 113 Å². The van der Waals surface area contributed by atoms with E-state index in [9.17, 15) is 26.3 Å². The molecule has 0 unspecified atom stereocenters.